The fraction of sp³-hybridized carbons (Fsp3) is 0.130. The van der Waals surface area contributed by atoms with E-state index in [2.05, 4.69) is 72.8 Å². The zero-order valence-corrected chi connectivity index (χ0v) is 14.6. The first-order chi connectivity index (χ1) is 12.3. The van der Waals surface area contributed by atoms with Crippen LogP contribution in [0.2, 0.25) is 0 Å². The summed E-state index contributed by atoms with van der Waals surface area (Å²) in [5.74, 6) is 0.809. The Morgan fingerprint density at radius 3 is 2.20 bits per heavy atom. The lowest BCUT2D eigenvalue weighted by molar-refractivity contribution is 0.264. The lowest BCUT2D eigenvalue weighted by atomic mass is 10.2. The highest BCUT2D eigenvalue weighted by Crippen LogP contribution is 2.06. The summed E-state index contributed by atoms with van der Waals surface area (Å²) in [6.45, 7) is 7.36. The highest BCUT2D eigenvalue weighted by Gasteiger charge is 2.03. The summed E-state index contributed by atoms with van der Waals surface area (Å²) in [6.07, 6.45) is 6.01. The van der Waals surface area contributed by atoms with Gasteiger partial charge in [-0.2, -0.15) is 0 Å². The molecule has 0 aliphatic rings. The first-order valence-electron chi connectivity index (χ1n) is 8.50. The molecule has 0 aliphatic carbocycles. The van der Waals surface area contributed by atoms with Crippen LogP contribution in [0, 0.1) is 0 Å². The Balaban J connectivity index is 1.91. The zero-order chi connectivity index (χ0) is 17.5. The van der Waals surface area contributed by atoms with E-state index in [0.717, 1.165) is 28.4 Å². The maximum absolute atomic E-state index is 6.03. The first kappa shape index (κ1) is 16.8. The molecular weight excluding hydrogens is 306 g/mol. The number of rotatable bonds is 6. The van der Waals surface area contributed by atoms with Crippen molar-refractivity contribution in [3.63, 3.8) is 0 Å². The van der Waals surface area contributed by atoms with Gasteiger partial charge in [0.05, 0.1) is 0 Å². The Labute approximate surface area is 149 Å². The second-order valence-corrected chi connectivity index (χ2v) is 5.86. The summed E-state index contributed by atoms with van der Waals surface area (Å²) < 4.78 is 8.27. The number of hydrogen-bond acceptors (Lipinski definition) is 1. The number of hydrogen-bond donors (Lipinski definition) is 0. The largest absolute Gasteiger partial charge is 0.488 e. The molecule has 126 valence electrons. The summed E-state index contributed by atoms with van der Waals surface area (Å²) in [5, 5.41) is 2.22. The van der Waals surface area contributed by atoms with Crippen LogP contribution in [0.3, 0.4) is 0 Å². The maximum Gasteiger partial charge on any atom is 0.128 e. The summed E-state index contributed by atoms with van der Waals surface area (Å²) in [4.78, 5) is 0. The lowest BCUT2D eigenvalue weighted by Crippen LogP contribution is -2.31. The van der Waals surface area contributed by atoms with E-state index in [0.29, 0.717) is 6.61 Å². The molecule has 1 aromatic heterocycles. The van der Waals surface area contributed by atoms with Crippen LogP contribution in [-0.4, -0.2) is 4.57 Å². The van der Waals surface area contributed by atoms with Crippen molar-refractivity contribution in [1.29, 1.82) is 0 Å². The van der Waals surface area contributed by atoms with Gasteiger partial charge in [-0.05, 0) is 30.2 Å². The van der Waals surface area contributed by atoms with Crippen molar-refractivity contribution in [2.45, 2.75) is 20.1 Å². The van der Waals surface area contributed by atoms with Gasteiger partial charge in [0, 0.05) is 23.3 Å². The molecule has 0 amide bonds. The van der Waals surface area contributed by atoms with E-state index in [1.807, 2.05) is 24.3 Å². The molecule has 0 radical (unpaired) electrons. The van der Waals surface area contributed by atoms with Crippen LogP contribution in [-0.2, 0) is 17.9 Å². The fourth-order valence-corrected chi connectivity index (χ4v) is 2.91. The van der Waals surface area contributed by atoms with Gasteiger partial charge in [-0.3, -0.25) is 0 Å². The topological polar surface area (TPSA) is 14.2 Å². The normalized spacial score (nSPS) is 12.8. The molecular formula is C23H23NO. The predicted molar refractivity (Wildman–Crippen MR) is 104 cm³/mol. The van der Waals surface area contributed by atoms with Crippen LogP contribution in [0.1, 0.15) is 18.1 Å². The number of aromatic nitrogens is 1. The molecule has 2 heteroatoms. The molecule has 0 spiro atoms. The number of nitrogens with zero attached hydrogens (tertiary/aromatic N) is 1. The predicted octanol–water partition coefficient (Wildman–Crippen LogP) is 3.85. The molecule has 0 saturated carbocycles. The summed E-state index contributed by atoms with van der Waals surface area (Å²) >= 11 is 0. The molecule has 2 nitrogen and oxygen atoms in total. The average Bonchev–Trinajstić information content (AvgIpc) is 3.06. The Morgan fingerprint density at radius 1 is 0.960 bits per heavy atom. The molecule has 0 aliphatic heterocycles. The van der Waals surface area contributed by atoms with E-state index in [-0.39, 0.29) is 0 Å². The molecule has 3 rings (SSSR count). The van der Waals surface area contributed by atoms with Crippen LogP contribution in [0.5, 0.6) is 0 Å². The molecule has 1 heterocycles. The van der Waals surface area contributed by atoms with Crippen molar-refractivity contribution in [2.24, 2.45) is 0 Å². The van der Waals surface area contributed by atoms with Gasteiger partial charge >= 0.3 is 0 Å². The van der Waals surface area contributed by atoms with Crippen molar-refractivity contribution >= 4 is 11.8 Å². The third kappa shape index (κ3) is 4.10. The second kappa shape index (κ2) is 8.20. The SMILES string of the molecule is C=C/C(OCc1ccccc1)=c1/ccn(Cc2ccccc2)/c1=C/C. The summed E-state index contributed by atoms with van der Waals surface area (Å²) in [5.41, 5.74) is 2.42. The van der Waals surface area contributed by atoms with E-state index in [4.69, 9.17) is 4.74 Å². The van der Waals surface area contributed by atoms with Gasteiger partial charge in [-0.15, -0.1) is 0 Å². The third-order valence-electron chi connectivity index (χ3n) is 4.16. The quantitative estimate of drug-likeness (QED) is 0.670. The van der Waals surface area contributed by atoms with Crippen molar-refractivity contribution in [2.75, 3.05) is 0 Å². The van der Waals surface area contributed by atoms with Gasteiger partial charge < -0.3 is 9.30 Å². The molecule has 0 saturated heterocycles. The molecule has 0 atom stereocenters. The van der Waals surface area contributed by atoms with E-state index >= 15 is 0 Å². The Morgan fingerprint density at radius 2 is 1.60 bits per heavy atom. The van der Waals surface area contributed by atoms with Crippen LogP contribution >= 0.6 is 0 Å². The van der Waals surface area contributed by atoms with Gasteiger partial charge in [0.1, 0.15) is 12.4 Å². The van der Waals surface area contributed by atoms with Crippen LogP contribution in [0.15, 0.2) is 85.6 Å². The maximum atomic E-state index is 6.03. The number of benzene rings is 2. The molecule has 0 bridgehead atoms. The minimum atomic E-state index is 0.537. The van der Waals surface area contributed by atoms with E-state index < -0.39 is 0 Å². The molecule has 25 heavy (non-hydrogen) atoms. The smallest absolute Gasteiger partial charge is 0.128 e. The van der Waals surface area contributed by atoms with Gasteiger partial charge in [0.2, 0.25) is 0 Å². The van der Waals surface area contributed by atoms with Gasteiger partial charge in [0.15, 0.2) is 0 Å². The lowest BCUT2D eigenvalue weighted by Gasteiger charge is -2.07. The molecule has 0 fully saturated rings. The van der Waals surface area contributed by atoms with E-state index in [9.17, 15) is 0 Å². The highest BCUT2D eigenvalue weighted by molar-refractivity contribution is 5.49. The van der Waals surface area contributed by atoms with Crippen molar-refractivity contribution < 1.29 is 4.74 Å². The van der Waals surface area contributed by atoms with Gasteiger partial charge in [-0.1, -0.05) is 73.3 Å². The Hall–Kier alpha value is -3.00. The molecule has 0 N–H and O–H groups in total. The van der Waals surface area contributed by atoms with E-state index in [1.54, 1.807) is 6.08 Å². The minimum absolute atomic E-state index is 0.537. The average molecular weight is 329 g/mol. The minimum Gasteiger partial charge on any atom is -0.488 e. The monoisotopic (exact) mass is 329 g/mol. The zero-order valence-electron chi connectivity index (χ0n) is 14.6. The van der Waals surface area contributed by atoms with Crippen molar-refractivity contribution in [3.05, 3.63) is 107 Å². The summed E-state index contributed by atoms with van der Waals surface area (Å²) in [7, 11) is 0. The Kier molecular flexibility index (Phi) is 5.53. The van der Waals surface area contributed by atoms with Crippen LogP contribution < -0.4 is 10.6 Å². The number of ether oxygens (including phenoxy) is 1. The second-order valence-electron chi connectivity index (χ2n) is 5.86. The molecule has 0 unspecified atom stereocenters. The fourth-order valence-electron chi connectivity index (χ4n) is 2.91. The Bertz CT molecular complexity index is 937. The van der Waals surface area contributed by atoms with Crippen molar-refractivity contribution in [3.8, 4) is 0 Å². The van der Waals surface area contributed by atoms with Crippen LogP contribution in [0.4, 0.5) is 0 Å². The third-order valence-corrected chi connectivity index (χ3v) is 4.16. The first-order valence-corrected chi connectivity index (χ1v) is 8.50. The highest BCUT2D eigenvalue weighted by atomic mass is 16.5. The van der Waals surface area contributed by atoms with Crippen molar-refractivity contribution in [1.82, 2.24) is 4.57 Å². The van der Waals surface area contributed by atoms with E-state index in [1.165, 1.54) is 5.56 Å². The summed E-state index contributed by atoms with van der Waals surface area (Å²) in [6, 6.07) is 22.7. The van der Waals surface area contributed by atoms with Gasteiger partial charge in [0.25, 0.3) is 0 Å². The standard InChI is InChI=1S/C23H23NO/c1-3-22-21(15-16-24(22)17-19-11-7-5-8-12-19)23(4-2)25-18-20-13-9-6-10-14-20/h3-16H,2,17-18H2,1H3/b22-3+,23-21+. The molecule has 2 aromatic carbocycles. The van der Waals surface area contributed by atoms with Crippen LogP contribution in [0.25, 0.3) is 11.8 Å². The molecule has 3 aromatic rings. The van der Waals surface area contributed by atoms with Gasteiger partial charge in [-0.25, -0.2) is 0 Å².